The molecule has 1 rings (SSSR count). The summed E-state index contributed by atoms with van der Waals surface area (Å²) < 4.78 is 78.7. The SMILES string of the molecule is N/C(=N/O)c1c(Br)cccc1OC(C(F)(F)F)C(F)(F)F. The molecule has 0 fully saturated rings. The van der Waals surface area contributed by atoms with Crippen LogP contribution in [0.25, 0.3) is 0 Å². The maximum Gasteiger partial charge on any atom is 0.434 e. The van der Waals surface area contributed by atoms with E-state index < -0.39 is 35.6 Å². The number of nitrogens with two attached hydrogens (primary N) is 1. The molecule has 4 nitrogen and oxygen atoms in total. The topological polar surface area (TPSA) is 67.8 Å². The van der Waals surface area contributed by atoms with Crippen LogP contribution in [0.4, 0.5) is 26.3 Å². The number of benzene rings is 1. The van der Waals surface area contributed by atoms with E-state index in [0.717, 1.165) is 12.1 Å². The van der Waals surface area contributed by atoms with Gasteiger partial charge in [-0.2, -0.15) is 26.3 Å². The van der Waals surface area contributed by atoms with Crippen LogP contribution in [0.5, 0.6) is 5.75 Å². The number of alkyl halides is 6. The van der Waals surface area contributed by atoms with Crippen molar-refractivity contribution in [2.75, 3.05) is 0 Å². The molecule has 0 saturated heterocycles. The summed E-state index contributed by atoms with van der Waals surface area (Å²) in [5.74, 6) is -1.54. The smallest absolute Gasteiger partial charge is 0.434 e. The van der Waals surface area contributed by atoms with Crippen molar-refractivity contribution < 1.29 is 36.3 Å². The standard InChI is InChI=1S/C10H7BrF6N2O2/c11-4-2-1-3-5(6(4)7(18)19-20)21-8(9(12,13)14)10(15,16)17/h1-3,8,20H,(H2,18,19). The molecule has 0 bridgehead atoms. The number of nitrogens with zero attached hydrogens (tertiary/aromatic N) is 1. The van der Waals surface area contributed by atoms with E-state index >= 15 is 0 Å². The van der Waals surface area contributed by atoms with Gasteiger partial charge in [0.1, 0.15) is 5.75 Å². The van der Waals surface area contributed by atoms with Crippen molar-refractivity contribution in [3.8, 4) is 5.75 Å². The number of halogens is 7. The van der Waals surface area contributed by atoms with Crippen LogP contribution in [0.2, 0.25) is 0 Å². The van der Waals surface area contributed by atoms with E-state index in [0.29, 0.717) is 0 Å². The molecule has 0 spiro atoms. The van der Waals surface area contributed by atoms with Crippen molar-refractivity contribution in [3.63, 3.8) is 0 Å². The fourth-order valence-corrected chi connectivity index (χ4v) is 1.90. The van der Waals surface area contributed by atoms with Gasteiger partial charge in [0.15, 0.2) is 5.84 Å². The maximum atomic E-state index is 12.4. The number of hydrogen-bond acceptors (Lipinski definition) is 3. The van der Waals surface area contributed by atoms with E-state index in [1.54, 1.807) is 0 Å². The highest BCUT2D eigenvalue weighted by atomic mass is 79.9. The molecule has 0 saturated carbocycles. The normalized spacial score (nSPS) is 13.6. The molecule has 0 amide bonds. The van der Waals surface area contributed by atoms with Crippen LogP contribution in [0.3, 0.4) is 0 Å². The van der Waals surface area contributed by atoms with Gasteiger partial charge in [-0.1, -0.05) is 11.2 Å². The van der Waals surface area contributed by atoms with E-state index in [1.165, 1.54) is 6.07 Å². The highest BCUT2D eigenvalue weighted by Crippen LogP contribution is 2.38. The minimum absolute atomic E-state index is 0.00148. The molecule has 3 N–H and O–H groups in total. The van der Waals surface area contributed by atoms with Gasteiger partial charge in [-0.3, -0.25) is 0 Å². The van der Waals surface area contributed by atoms with Crippen LogP contribution in [0.15, 0.2) is 27.8 Å². The van der Waals surface area contributed by atoms with Gasteiger partial charge in [-0.15, -0.1) is 0 Å². The fraction of sp³-hybridized carbons (Fsp3) is 0.300. The van der Waals surface area contributed by atoms with Gasteiger partial charge >= 0.3 is 12.4 Å². The average Bonchev–Trinajstić information content (AvgIpc) is 2.32. The Kier molecular flexibility index (Phi) is 4.97. The second-order valence-corrected chi connectivity index (χ2v) is 4.53. The van der Waals surface area contributed by atoms with Crippen molar-refractivity contribution in [2.24, 2.45) is 10.9 Å². The van der Waals surface area contributed by atoms with Crippen molar-refractivity contribution in [3.05, 3.63) is 28.2 Å². The Labute approximate surface area is 122 Å². The van der Waals surface area contributed by atoms with Gasteiger partial charge < -0.3 is 15.7 Å². The maximum absolute atomic E-state index is 12.4. The first-order valence-corrected chi connectivity index (χ1v) is 5.84. The predicted octanol–water partition coefficient (Wildman–Crippen LogP) is 3.42. The minimum atomic E-state index is -5.68. The first kappa shape index (κ1) is 17.4. The number of rotatable bonds is 3. The number of ether oxygens (including phenoxy) is 1. The molecule has 0 radical (unpaired) electrons. The third-order valence-corrected chi connectivity index (χ3v) is 2.84. The Bertz CT molecular complexity index is 529. The van der Waals surface area contributed by atoms with E-state index in [9.17, 15) is 26.3 Å². The first-order valence-electron chi connectivity index (χ1n) is 5.05. The van der Waals surface area contributed by atoms with Crippen molar-refractivity contribution in [1.29, 1.82) is 0 Å². The summed E-state index contributed by atoms with van der Waals surface area (Å²) in [5, 5.41) is 11.1. The lowest BCUT2D eigenvalue weighted by Gasteiger charge is -2.25. The van der Waals surface area contributed by atoms with Crippen molar-refractivity contribution in [2.45, 2.75) is 18.5 Å². The van der Waals surface area contributed by atoms with Crippen LogP contribution in [0, 0.1) is 0 Å². The lowest BCUT2D eigenvalue weighted by molar-refractivity contribution is -0.299. The summed E-state index contributed by atoms with van der Waals surface area (Å²) in [4.78, 5) is 0. The molecule has 0 atom stereocenters. The van der Waals surface area contributed by atoms with E-state index in [4.69, 9.17) is 10.9 Å². The Morgan fingerprint density at radius 1 is 1.19 bits per heavy atom. The van der Waals surface area contributed by atoms with Gasteiger partial charge in [-0.05, 0) is 28.1 Å². The third kappa shape index (κ3) is 4.16. The van der Waals surface area contributed by atoms with Crippen LogP contribution >= 0.6 is 15.9 Å². The van der Waals surface area contributed by atoms with Gasteiger partial charge in [0.2, 0.25) is 0 Å². The average molecular weight is 381 g/mol. The van der Waals surface area contributed by atoms with Crippen molar-refractivity contribution >= 4 is 21.8 Å². The molecule has 11 heteroatoms. The zero-order valence-electron chi connectivity index (χ0n) is 9.84. The van der Waals surface area contributed by atoms with Crippen molar-refractivity contribution in [1.82, 2.24) is 0 Å². The zero-order valence-corrected chi connectivity index (χ0v) is 11.4. The summed E-state index contributed by atoms with van der Waals surface area (Å²) >= 11 is 2.86. The number of amidine groups is 1. The Hall–Kier alpha value is -1.65. The Morgan fingerprint density at radius 3 is 2.14 bits per heavy atom. The molecular formula is C10H7BrF6N2O2. The number of hydrogen-bond donors (Lipinski definition) is 2. The minimum Gasteiger partial charge on any atom is -0.471 e. The summed E-state index contributed by atoms with van der Waals surface area (Å²) in [7, 11) is 0. The third-order valence-electron chi connectivity index (χ3n) is 2.18. The summed E-state index contributed by atoms with van der Waals surface area (Å²) in [6, 6.07) is 3.25. The van der Waals surface area contributed by atoms with E-state index in [2.05, 4.69) is 25.8 Å². The Morgan fingerprint density at radius 2 is 1.71 bits per heavy atom. The lowest BCUT2D eigenvalue weighted by Crippen LogP contribution is -2.46. The molecule has 0 heterocycles. The second-order valence-electron chi connectivity index (χ2n) is 3.68. The Balaban J connectivity index is 3.32. The van der Waals surface area contributed by atoms with Gasteiger partial charge in [0, 0.05) is 4.47 Å². The second kappa shape index (κ2) is 6.00. The van der Waals surface area contributed by atoms with Gasteiger partial charge in [0.25, 0.3) is 6.10 Å². The first-order chi connectivity index (χ1) is 9.48. The molecule has 118 valence electrons. The van der Waals surface area contributed by atoms with Crippen LogP contribution < -0.4 is 10.5 Å². The molecule has 0 aliphatic heterocycles. The predicted molar refractivity (Wildman–Crippen MR) is 63.2 cm³/mol. The summed E-state index contributed by atoms with van der Waals surface area (Å²) in [6.45, 7) is 0. The number of oxime groups is 1. The lowest BCUT2D eigenvalue weighted by atomic mass is 10.2. The molecule has 0 aromatic heterocycles. The van der Waals surface area contributed by atoms with Crippen LogP contribution in [-0.2, 0) is 0 Å². The summed E-state index contributed by atoms with van der Waals surface area (Å²) in [6.07, 6.45) is -15.4. The largest absolute Gasteiger partial charge is 0.471 e. The van der Waals surface area contributed by atoms with E-state index in [-0.39, 0.29) is 4.47 Å². The molecule has 0 aliphatic carbocycles. The molecule has 1 aromatic rings. The summed E-state index contributed by atoms with van der Waals surface area (Å²) in [5.41, 5.74) is 4.79. The highest BCUT2D eigenvalue weighted by molar-refractivity contribution is 9.10. The molecule has 0 aliphatic rings. The fourth-order valence-electron chi connectivity index (χ4n) is 1.35. The molecule has 0 unspecified atom stereocenters. The van der Waals surface area contributed by atoms with Crippen LogP contribution in [-0.4, -0.2) is 29.5 Å². The van der Waals surface area contributed by atoms with Gasteiger partial charge in [0.05, 0.1) is 5.56 Å². The quantitative estimate of drug-likeness (QED) is 0.277. The highest BCUT2D eigenvalue weighted by Gasteiger charge is 2.59. The van der Waals surface area contributed by atoms with E-state index in [1.807, 2.05) is 0 Å². The molecule has 21 heavy (non-hydrogen) atoms. The molecule has 1 aromatic carbocycles. The monoisotopic (exact) mass is 380 g/mol. The molecular weight excluding hydrogens is 374 g/mol. The van der Waals surface area contributed by atoms with Gasteiger partial charge in [-0.25, -0.2) is 0 Å². The zero-order chi connectivity index (χ0) is 16.4. The van der Waals surface area contributed by atoms with Crippen LogP contribution in [0.1, 0.15) is 5.56 Å².